The zero-order chi connectivity index (χ0) is 18.7. The lowest BCUT2D eigenvalue weighted by Crippen LogP contribution is -2.35. The molecule has 26 heavy (non-hydrogen) atoms. The van der Waals surface area contributed by atoms with Gasteiger partial charge in [-0.3, -0.25) is 9.36 Å². The summed E-state index contributed by atoms with van der Waals surface area (Å²) < 4.78 is 2.03. The standard InChI is InChI=1S/C20H24N4OS/c1-14-12-17(15(2)24(14)20-21-10-11-26-20)19(25)22-18(13-23(3)4)16-8-6-5-7-9-16/h5-12,18H,13H2,1-4H3,(H,22,25). The third-order valence-corrected chi connectivity index (χ3v) is 5.10. The van der Waals surface area contributed by atoms with E-state index in [1.54, 1.807) is 17.5 Å². The van der Waals surface area contributed by atoms with Crippen molar-refractivity contribution < 1.29 is 4.79 Å². The fourth-order valence-corrected chi connectivity index (χ4v) is 3.89. The summed E-state index contributed by atoms with van der Waals surface area (Å²) >= 11 is 1.56. The molecular weight excluding hydrogens is 344 g/mol. The number of nitrogens with one attached hydrogen (secondary N) is 1. The second-order valence-electron chi connectivity index (χ2n) is 6.63. The molecule has 0 saturated carbocycles. The molecule has 5 nitrogen and oxygen atoms in total. The third-order valence-electron chi connectivity index (χ3n) is 4.34. The monoisotopic (exact) mass is 368 g/mol. The minimum absolute atomic E-state index is 0.0587. The summed E-state index contributed by atoms with van der Waals surface area (Å²) in [6, 6.07) is 11.9. The molecule has 1 atom stereocenters. The van der Waals surface area contributed by atoms with Crippen molar-refractivity contribution in [1.29, 1.82) is 0 Å². The van der Waals surface area contributed by atoms with E-state index in [-0.39, 0.29) is 11.9 Å². The number of aromatic nitrogens is 2. The Balaban J connectivity index is 1.88. The van der Waals surface area contributed by atoms with Gasteiger partial charge in [0.2, 0.25) is 0 Å². The van der Waals surface area contributed by atoms with Crippen LogP contribution in [0.2, 0.25) is 0 Å². The first kappa shape index (κ1) is 18.4. The van der Waals surface area contributed by atoms with Crippen LogP contribution < -0.4 is 5.32 Å². The molecule has 1 unspecified atom stereocenters. The lowest BCUT2D eigenvalue weighted by atomic mass is 10.1. The van der Waals surface area contributed by atoms with E-state index in [0.717, 1.165) is 28.6 Å². The Labute approximate surface area is 158 Å². The van der Waals surface area contributed by atoms with E-state index in [0.29, 0.717) is 5.56 Å². The Hall–Kier alpha value is -2.44. The summed E-state index contributed by atoms with van der Waals surface area (Å²) in [7, 11) is 4.02. The van der Waals surface area contributed by atoms with Crippen molar-refractivity contribution in [2.75, 3.05) is 20.6 Å². The van der Waals surface area contributed by atoms with Gasteiger partial charge in [-0.2, -0.15) is 0 Å². The molecule has 2 heterocycles. The first-order chi connectivity index (χ1) is 12.5. The number of hydrogen-bond acceptors (Lipinski definition) is 4. The van der Waals surface area contributed by atoms with Crippen molar-refractivity contribution in [2.24, 2.45) is 0 Å². The van der Waals surface area contributed by atoms with Crippen LogP contribution in [0.5, 0.6) is 0 Å². The molecule has 136 valence electrons. The van der Waals surface area contributed by atoms with E-state index >= 15 is 0 Å². The third kappa shape index (κ3) is 3.86. The summed E-state index contributed by atoms with van der Waals surface area (Å²) in [4.78, 5) is 19.5. The van der Waals surface area contributed by atoms with Gasteiger partial charge in [-0.1, -0.05) is 30.3 Å². The fourth-order valence-electron chi connectivity index (χ4n) is 3.13. The highest BCUT2D eigenvalue weighted by molar-refractivity contribution is 7.12. The van der Waals surface area contributed by atoms with Gasteiger partial charge in [-0.15, -0.1) is 11.3 Å². The van der Waals surface area contributed by atoms with Crippen molar-refractivity contribution in [3.8, 4) is 5.13 Å². The van der Waals surface area contributed by atoms with Crippen LogP contribution in [-0.2, 0) is 0 Å². The highest BCUT2D eigenvalue weighted by Gasteiger charge is 2.21. The van der Waals surface area contributed by atoms with Gasteiger partial charge in [0, 0.05) is 29.5 Å². The number of nitrogens with zero attached hydrogens (tertiary/aromatic N) is 3. The highest BCUT2D eigenvalue weighted by Crippen LogP contribution is 2.23. The van der Waals surface area contributed by atoms with Gasteiger partial charge in [0.1, 0.15) is 0 Å². The summed E-state index contributed by atoms with van der Waals surface area (Å²) in [6.07, 6.45) is 1.78. The molecule has 1 amide bonds. The number of likely N-dealkylation sites (N-methyl/N-ethyl adjacent to an activating group) is 1. The summed E-state index contributed by atoms with van der Waals surface area (Å²) in [5, 5.41) is 6.02. The predicted octanol–water partition coefficient (Wildman–Crippen LogP) is 3.58. The van der Waals surface area contributed by atoms with E-state index in [4.69, 9.17) is 0 Å². The topological polar surface area (TPSA) is 50.2 Å². The number of hydrogen-bond donors (Lipinski definition) is 1. The first-order valence-corrected chi connectivity index (χ1v) is 9.44. The van der Waals surface area contributed by atoms with Crippen LogP contribution in [0.25, 0.3) is 5.13 Å². The number of amides is 1. The van der Waals surface area contributed by atoms with Crippen molar-refractivity contribution in [3.05, 3.63) is 70.5 Å². The van der Waals surface area contributed by atoms with Gasteiger partial charge in [0.25, 0.3) is 5.91 Å². The average Bonchev–Trinajstić information content (AvgIpc) is 3.22. The maximum atomic E-state index is 13.0. The van der Waals surface area contributed by atoms with Crippen LogP contribution >= 0.6 is 11.3 Å². The Morgan fingerprint density at radius 2 is 2.00 bits per heavy atom. The zero-order valence-corrected chi connectivity index (χ0v) is 16.4. The molecular formula is C20H24N4OS. The second kappa shape index (κ2) is 7.85. The molecule has 0 bridgehead atoms. The van der Waals surface area contributed by atoms with Gasteiger partial charge < -0.3 is 10.2 Å². The SMILES string of the molecule is Cc1cc(C(=O)NC(CN(C)C)c2ccccc2)c(C)n1-c1nccs1. The summed E-state index contributed by atoms with van der Waals surface area (Å²) in [5.74, 6) is -0.0587. The Bertz CT molecular complexity index is 869. The maximum Gasteiger partial charge on any atom is 0.253 e. The van der Waals surface area contributed by atoms with Crippen LogP contribution in [0.15, 0.2) is 48.0 Å². The Kier molecular flexibility index (Phi) is 5.54. The van der Waals surface area contributed by atoms with E-state index < -0.39 is 0 Å². The fraction of sp³-hybridized carbons (Fsp3) is 0.300. The van der Waals surface area contributed by atoms with Crippen molar-refractivity contribution >= 4 is 17.2 Å². The number of rotatable bonds is 6. The van der Waals surface area contributed by atoms with E-state index in [1.807, 2.05) is 74.3 Å². The van der Waals surface area contributed by atoms with Gasteiger partial charge in [0.05, 0.1) is 11.6 Å². The van der Waals surface area contributed by atoms with Crippen LogP contribution in [0.1, 0.15) is 33.4 Å². The average molecular weight is 369 g/mol. The number of aryl methyl sites for hydroxylation is 1. The lowest BCUT2D eigenvalue weighted by Gasteiger charge is -2.23. The van der Waals surface area contributed by atoms with E-state index in [1.165, 1.54) is 0 Å². The van der Waals surface area contributed by atoms with Crippen LogP contribution in [-0.4, -0.2) is 41.0 Å². The molecule has 0 spiro atoms. The van der Waals surface area contributed by atoms with Crippen LogP contribution in [0, 0.1) is 13.8 Å². The van der Waals surface area contributed by atoms with Crippen molar-refractivity contribution in [3.63, 3.8) is 0 Å². The molecule has 2 aromatic heterocycles. The van der Waals surface area contributed by atoms with Gasteiger partial charge in [-0.25, -0.2) is 4.98 Å². The highest BCUT2D eigenvalue weighted by atomic mass is 32.1. The maximum absolute atomic E-state index is 13.0. The minimum Gasteiger partial charge on any atom is -0.344 e. The molecule has 0 aliphatic rings. The Morgan fingerprint density at radius 1 is 1.27 bits per heavy atom. The normalized spacial score (nSPS) is 12.3. The molecule has 0 saturated heterocycles. The van der Waals surface area contributed by atoms with E-state index in [2.05, 4.69) is 15.2 Å². The quantitative estimate of drug-likeness (QED) is 0.723. The Morgan fingerprint density at radius 3 is 2.62 bits per heavy atom. The number of carbonyl (C=O) groups is 1. The van der Waals surface area contributed by atoms with Crippen molar-refractivity contribution in [1.82, 2.24) is 19.8 Å². The van der Waals surface area contributed by atoms with E-state index in [9.17, 15) is 4.79 Å². The molecule has 0 aliphatic heterocycles. The molecule has 3 rings (SSSR count). The molecule has 0 radical (unpaired) electrons. The zero-order valence-electron chi connectivity index (χ0n) is 15.6. The summed E-state index contributed by atoms with van der Waals surface area (Å²) in [5.41, 5.74) is 3.71. The smallest absolute Gasteiger partial charge is 0.253 e. The van der Waals surface area contributed by atoms with Crippen LogP contribution in [0.4, 0.5) is 0 Å². The first-order valence-electron chi connectivity index (χ1n) is 8.56. The number of carbonyl (C=O) groups excluding carboxylic acids is 1. The molecule has 0 aliphatic carbocycles. The van der Waals surface area contributed by atoms with Gasteiger partial charge in [0.15, 0.2) is 5.13 Å². The molecule has 6 heteroatoms. The lowest BCUT2D eigenvalue weighted by molar-refractivity contribution is 0.0929. The second-order valence-corrected chi connectivity index (χ2v) is 7.51. The summed E-state index contributed by atoms with van der Waals surface area (Å²) in [6.45, 7) is 4.70. The molecule has 3 aromatic rings. The largest absolute Gasteiger partial charge is 0.344 e. The van der Waals surface area contributed by atoms with Crippen LogP contribution in [0.3, 0.4) is 0 Å². The van der Waals surface area contributed by atoms with Gasteiger partial charge >= 0.3 is 0 Å². The number of thiazole rings is 1. The molecule has 1 aromatic carbocycles. The van der Waals surface area contributed by atoms with Crippen molar-refractivity contribution in [2.45, 2.75) is 19.9 Å². The minimum atomic E-state index is -0.0679. The molecule has 1 N–H and O–H groups in total. The molecule has 0 fully saturated rings. The number of benzene rings is 1. The van der Waals surface area contributed by atoms with Gasteiger partial charge in [-0.05, 0) is 39.6 Å². The predicted molar refractivity (Wildman–Crippen MR) is 106 cm³/mol.